The lowest BCUT2D eigenvalue weighted by atomic mass is 10.2. The third-order valence-electron chi connectivity index (χ3n) is 2.98. The number of fused-ring (bicyclic) bond motifs is 1. The molecular formula is C14H12FN3. The summed E-state index contributed by atoms with van der Waals surface area (Å²) >= 11 is 0. The summed E-state index contributed by atoms with van der Waals surface area (Å²) in [5.74, 6) is -0.205. The Morgan fingerprint density at radius 3 is 2.78 bits per heavy atom. The highest BCUT2D eigenvalue weighted by molar-refractivity contribution is 5.87. The van der Waals surface area contributed by atoms with E-state index >= 15 is 0 Å². The summed E-state index contributed by atoms with van der Waals surface area (Å²) in [7, 11) is 0. The molecule has 0 saturated carbocycles. The zero-order chi connectivity index (χ0) is 12.5. The second-order valence-corrected chi connectivity index (χ2v) is 4.18. The normalized spacial score (nSPS) is 10.9. The van der Waals surface area contributed by atoms with Crippen LogP contribution in [0.5, 0.6) is 0 Å². The molecule has 1 heterocycles. The topological polar surface area (TPSA) is 43.8 Å². The standard InChI is InChI=1S/C14H12FN3/c15-11-5-2-1-4-10(11)8-18-9-17-14-12(16)6-3-7-13(14)18/h1-7,9H,8,16H2. The molecule has 0 amide bonds. The van der Waals surface area contributed by atoms with Crippen molar-refractivity contribution < 1.29 is 4.39 Å². The van der Waals surface area contributed by atoms with E-state index < -0.39 is 0 Å². The van der Waals surface area contributed by atoms with E-state index in [9.17, 15) is 4.39 Å². The highest BCUT2D eigenvalue weighted by Crippen LogP contribution is 2.20. The van der Waals surface area contributed by atoms with Gasteiger partial charge >= 0.3 is 0 Å². The maximum absolute atomic E-state index is 13.6. The number of benzene rings is 2. The highest BCUT2D eigenvalue weighted by Gasteiger charge is 2.07. The summed E-state index contributed by atoms with van der Waals surface area (Å²) in [4.78, 5) is 4.26. The number of anilines is 1. The molecule has 3 nitrogen and oxygen atoms in total. The van der Waals surface area contributed by atoms with Crippen molar-refractivity contribution in [1.29, 1.82) is 0 Å². The van der Waals surface area contributed by atoms with Gasteiger partial charge in [0.1, 0.15) is 11.3 Å². The third-order valence-corrected chi connectivity index (χ3v) is 2.98. The number of nitrogens with two attached hydrogens (primary N) is 1. The molecule has 18 heavy (non-hydrogen) atoms. The molecule has 0 unspecified atom stereocenters. The Balaban J connectivity index is 2.06. The fourth-order valence-electron chi connectivity index (χ4n) is 2.05. The zero-order valence-corrected chi connectivity index (χ0v) is 9.68. The molecule has 2 N–H and O–H groups in total. The quantitative estimate of drug-likeness (QED) is 0.701. The summed E-state index contributed by atoms with van der Waals surface area (Å²) < 4.78 is 15.5. The fourth-order valence-corrected chi connectivity index (χ4v) is 2.05. The monoisotopic (exact) mass is 241 g/mol. The molecule has 0 radical (unpaired) electrons. The van der Waals surface area contributed by atoms with Crippen molar-refractivity contribution >= 4 is 16.7 Å². The molecule has 90 valence electrons. The molecule has 0 aliphatic carbocycles. The molecule has 0 bridgehead atoms. The minimum absolute atomic E-state index is 0.205. The SMILES string of the molecule is Nc1cccc2c1ncn2Cc1ccccc1F. The zero-order valence-electron chi connectivity index (χ0n) is 9.68. The van der Waals surface area contributed by atoms with E-state index in [1.54, 1.807) is 18.5 Å². The van der Waals surface area contributed by atoms with E-state index in [4.69, 9.17) is 5.73 Å². The highest BCUT2D eigenvalue weighted by atomic mass is 19.1. The predicted octanol–water partition coefficient (Wildman–Crippen LogP) is 2.81. The van der Waals surface area contributed by atoms with Crippen LogP contribution in [-0.4, -0.2) is 9.55 Å². The van der Waals surface area contributed by atoms with Crippen LogP contribution in [0, 0.1) is 5.82 Å². The van der Waals surface area contributed by atoms with E-state index in [1.165, 1.54) is 6.07 Å². The van der Waals surface area contributed by atoms with Gasteiger partial charge in [-0.15, -0.1) is 0 Å². The van der Waals surface area contributed by atoms with Crippen molar-refractivity contribution in [1.82, 2.24) is 9.55 Å². The molecule has 0 aliphatic rings. The Labute approximate surface area is 104 Å². The second kappa shape index (κ2) is 4.14. The van der Waals surface area contributed by atoms with Crippen LogP contribution in [0.1, 0.15) is 5.56 Å². The summed E-state index contributed by atoms with van der Waals surface area (Å²) in [6.45, 7) is 0.451. The molecule has 0 fully saturated rings. The van der Waals surface area contributed by atoms with Gasteiger partial charge in [-0.05, 0) is 18.2 Å². The average molecular weight is 241 g/mol. The van der Waals surface area contributed by atoms with E-state index in [-0.39, 0.29) is 5.82 Å². The van der Waals surface area contributed by atoms with Gasteiger partial charge in [-0.3, -0.25) is 0 Å². The number of halogens is 1. The van der Waals surface area contributed by atoms with Crippen LogP contribution in [0.25, 0.3) is 11.0 Å². The van der Waals surface area contributed by atoms with E-state index in [0.717, 1.165) is 11.0 Å². The van der Waals surface area contributed by atoms with Crippen LogP contribution in [-0.2, 0) is 6.54 Å². The first-order chi connectivity index (χ1) is 8.75. The lowest BCUT2D eigenvalue weighted by molar-refractivity contribution is 0.601. The van der Waals surface area contributed by atoms with Gasteiger partial charge in [0.2, 0.25) is 0 Å². The molecule has 3 aromatic rings. The van der Waals surface area contributed by atoms with Gasteiger partial charge in [0.25, 0.3) is 0 Å². The molecule has 2 aromatic carbocycles. The Hall–Kier alpha value is -2.36. The minimum atomic E-state index is -0.205. The molecule has 0 spiro atoms. The lowest BCUT2D eigenvalue weighted by Gasteiger charge is -2.05. The number of para-hydroxylation sites is 1. The first kappa shape index (κ1) is 10.8. The van der Waals surface area contributed by atoms with Gasteiger partial charge in [-0.25, -0.2) is 9.37 Å². The van der Waals surface area contributed by atoms with Gasteiger partial charge in [-0.2, -0.15) is 0 Å². The van der Waals surface area contributed by atoms with Crippen molar-refractivity contribution in [3.63, 3.8) is 0 Å². The number of imidazole rings is 1. The number of aromatic nitrogens is 2. The molecule has 0 saturated heterocycles. The third kappa shape index (κ3) is 1.72. The minimum Gasteiger partial charge on any atom is -0.397 e. The first-order valence-corrected chi connectivity index (χ1v) is 5.68. The second-order valence-electron chi connectivity index (χ2n) is 4.18. The van der Waals surface area contributed by atoms with E-state index in [2.05, 4.69) is 4.98 Å². The Morgan fingerprint density at radius 1 is 1.11 bits per heavy atom. The Bertz CT molecular complexity index is 703. The van der Waals surface area contributed by atoms with Crippen molar-refractivity contribution in [2.75, 3.05) is 5.73 Å². The van der Waals surface area contributed by atoms with Gasteiger partial charge < -0.3 is 10.3 Å². The number of hydrogen-bond donors (Lipinski definition) is 1. The van der Waals surface area contributed by atoms with Crippen molar-refractivity contribution in [3.05, 3.63) is 60.2 Å². The Morgan fingerprint density at radius 2 is 1.94 bits per heavy atom. The van der Waals surface area contributed by atoms with Gasteiger partial charge in [0, 0.05) is 5.56 Å². The van der Waals surface area contributed by atoms with Crippen LogP contribution in [0.4, 0.5) is 10.1 Å². The van der Waals surface area contributed by atoms with Crippen LogP contribution in [0.15, 0.2) is 48.8 Å². The smallest absolute Gasteiger partial charge is 0.128 e. The van der Waals surface area contributed by atoms with E-state index in [0.29, 0.717) is 17.8 Å². The summed E-state index contributed by atoms with van der Waals surface area (Å²) in [6.07, 6.45) is 1.69. The predicted molar refractivity (Wildman–Crippen MR) is 69.6 cm³/mol. The summed E-state index contributed by atoms with van der Waals surface area (Å²) in [5, 5.41) is 0. The fraction of sp³-hybridized carbons (Fsp3) is 0.0714. The van der Waals surface area contributed by atoms with Crippen molar-refractivity contribution in [2.24, 2.45) is 0 Å². The largest absolute Gasteiger partial charge is 0.397 e. The summed E-state index contributed by atoms with van der Waals surface area (Å²) in [5.41, 5.74) is 8.79. The van der Waals surface area contributed by atoms with Gasteiger partial charge in [0.15, 0.2) is 0 Å². The molecule has 4 heteroatoms. The average Bonchev–Trinajstić information content (AvgIpc) is 2.77. The molecule has 3 rings (SSSR count). The number of hydrogen-bond acceptors (Lipinski definition) is 2. The number of rotatable bonds is 2. The first-order valence-electron chi connectivity index (χ1n) is 5.68. The maximum atomic E-state index is 13.6. The molecule has 0 atom stereocenters. The number of nitrogens with zero attached hydrogens (tertiary/aromatic N) is 2. The van der Waals surface area contributed by atoms with Crippen LogP contribution in [0.3, 0.4) is 0 Å². The van der Waals surface area contributed by atoms with Crippen molar-refractivity contribution in [3.8, 4) is 0 Å². The summed E-state index contributed by atoms with van der Waals surface area (Å²) in [6, 6.07) is 12.4. The van der Waals surface area contributed by atoms with Crippen LogP contribution < -0.4 is 5.73 Å². The van der Waals surface area contributed by atoms with Crippen LogP contribution in [0.2, 0.25) is 0 Å². The molecular weight excluding hydrogens is 229 g/mol. The molecule has 0 aliphatic heterocycles. The van der Waals surface area contributed by atoms with Crippen LogP contribution >= 0.6 is 0 Å². The molecule has 1 aromatic heterocycles. The lowest BCUT2D eigenvalue weighted by Crippen LogP contribution is -2.00. The maximum Gasteiger partial charge on any atom is 0.128 e. The van der Waals surface area contributed by atoms with E-state index in [1.807, 2.05) is 28.8 Å². The number of nitrogen functional groups attached to an aromatic ring is 1. The Kier molecular flexibility index (Phi) is 2.48. The van der Waals surface area contributed by atoms with Gasteiger partial charge in [-0.1, -0.05) is 24.3 Å². The van der Waals surface area contributed by atoms with Gasteiger partial charge in [0.05, 0.1) is 24.1 Å². The van der Waals surface area contributed by atoms with Crippen molar-refractivity contribution in [2.45, 2.75) is 6.54 Å².